The van der Waals surface area contributed by atoms with Crippen molar-refractivity contribution < 1.29 is 28.4 Å². The Morgan fingerprint density at radius 1 is 0.973 bits per heavy atom. The molecule has 0 radical (unpaired) electrons. The number of ether oxygens (including phenoxy) is 2. The fraction of sp³-hybridized carbons (Fsp3) is 0.444. The average Bonchev–Trinajstić information content (AvgIpc) is 2.85. The Balaban J connectivity index is 1.87. The molecule has 0 aromatic heterocycles. The maximum Gasteiger partial charge on any atom is 0.344 e. The van der Waals surface area contributed by atoms with Gasteiger partial charge in [0.05, 0.1) is 19.2 Å². The van der Waals surface area contributed by atoms with E-state index in [0.717, 1.165) is 5.56 Å². The standard InChI is InChI=1S/C27H37N3O6Si/c1-8-34-24(31)18-35-23-15-13-21(14-16-23)25(32)19(2)29-26(33)22-11-9-20(10-12-22)17-28-30-36-37(6,7)27(3,4)5/h9-16,19H,8,17-18H2,1-7H3,(H,29,33)/t19-/m0/s1. The van der Waals surface area contributed by atoms with Gasteiger partial charge in [-0.15, -0.1) is 0 Å². The predicted molar refractivity (Wildman–Crippen MR) is 143 cm³/mol. The second-order valence-corrected chi connectivity index (χ2v) is 14.8. The van der Waals surface area contributed by atoms with Gasteiger partial charge in [-0.25, -0.2) is 4.79 Å². The van der Waals surface area contributed by atoms with E-state index >= 15 is 0 Å². The van der Waals surface area contributed by atoms with E-state index in [4.69, 9.17) is 14.0 Å². The third kappa shape index (κ3) is 9.13. The fourth-order valence-corrected chi connectivity index (χ4v) is 3.33. The van der Waals surface area contributed by atoms with Gasteiger partial charge in [-0.1, -0.05) is 32.9 Å². The second-order valence-electron chi connectivity index (χ2n) is 10.1. The average molecular weight is 528 g/mol. The number of nitrogens with one attached hydrogen (secondary N) is 1. The topological polar surface area (TPSA) is 116 Å². The highest BCUT2D eigenvalue weighted by Gasteiger charge is 2.40. The molecule has 9 nitrogen and oxygen atoms in total. The largest absolute Gasteiger partial charge is 0.482 e. The van der Waals surface area contributed by atoms with Crippen LogP contribution in [0.1, 0.15) is 60.9 Å². The molecule has 1 N–H and O–H groups in total. The van der Waals surface area contributed by atoms with E-state index in [-0.39, 0.29) is 29.9 Å². The summed E-state index contributed by atoms with van der Waals surface area (Å²) in [6, 6.07) is 12.6. The molecule has 10 heteroatoms. The van der Waals surface area contributed by atoms with Crippen LogP contribution in [0.2, 0.25) is 18.1 Å². The maximum absolute atomic E-state index is 12.7. The molecular weight excluding hydrogens is 490 g/mol. The molecule has 2 aromatic carbocycles. The zero-order valence-electron chi connectivity index (χ0n) is 22.7. The van der Waals surface area contributed by atoms with Crippen LogP contribution in [0.3, 0.4) is 0 Å². The lowest BCUT2D eigenvalue weighted by Gasteiger charge is -2.32. The smallest absolute Gasteiger partial charge is 0.344 e. The van der Waals surface area contributed by atoms with Gasteiger partial charge in [-0.2, -0.15) is 5.11 Å². The summed E-state index contributed by atoms with van der Waals surface area (Å²) in [5, 5.41) is 10.8. The number of esters is 1. The fourth-order valence-electron chi connectivity index (χ4n) is 2.80. The van der Waals surface area contributed by atoms with Crippen LogP contribution in [-0.4, -0.2) is 45.2 Å². The Bertz CT molecular complexity index is 1090. The van der Waals surface area contributed by atoms with E-state index in [9.17, 15) is 14.4 Å². The lowest BCUT2D eigenvalue weighted by molar-refractivity contribution is -0.145. The minimum atomic E-state index is -1.99. The minimum Gasteiger partial charge on any atom is -0.482 e. The van der Waals surface area contributed by atoms with Crippen molar-refractivity contribution in [3.8, 4) is 5.75 Å². The minimum absolute atomic E-state index is 0.0444. The summed E-state index contributed by atoms with van der Waals surface area (Å²) in [5.74, 6) is -0.631. The van der Waals surface area contributed by atoms with Crippen molar-refractivity contribution in [1.82, 2.24) is 5.32 Å². The highest BCUT2D eigenvalue weighted by Crippen LogP contribution is 2.36. The molecule has 1 amide bonds. The van der Waals surface area contributed by atoms with Gasteiger partial charge in [0.25, 0.3) is 14.2 Å². The van der Waals surface area contributed by atoms with Gasteiger partial charge >= 0.3 is 5.97 Å². The molecule has 0 spiro atoms. The molecular formula is C27H37N3O6Si. The van der Waals surface area contributed by atoms with Gasteiger partial charge in [0.2, 0.25) is 0 Å². The van der Waals surface area contributed by atoms with Crippen LogP contribution < -0.4 is 10.1 Å². The molecule has 0 aliphatic heterocycles. The first-order valence-electron chi connectivity index (χ1n) is 12.2. The number of rotatable bonds is 12. The van der Waals surface area contributed by atoms with Crippen LogP contribution in [0.5, 0.6) is 5.75 Å². The number of hydrogen-bond donors (Lipinski definition) is 1. The maximum atomic E-state index is 12.7. The third-order valence-corrected chi connectivity index (χ3v) is 10.3. The summed E-state index contributed by atoms with van der Waals surface area (Å²) in [6.07, 6.45) is 0. The van der Waals surface area contributed by atoms with Gasteiger partial charge in [0.15, 0.2) is 12.4 Å². The van der Waals surface area contributed by atoms with E-state index in [0.29, 0.717) is 23.4 Å². The lowest BCUT2D eigenvalue weighted by atomic mass is 10.0. The molecule has 0 bridgehead atoms. The molecule has 2 aromatic rings. The van der Waals surface area contributed by atoms with E-state index in [2.05, 4.69) is 49.6 Å². The Labute approximate surface area is 219 Å². The van der Waals surface area contributed by atoms with E-state index < -0.39 is 20.3 Å². The van der Waals surface area contributed by atoms with Gasteiger partial charge in [-0.05, 0) is 73.9 Å². The summed E-state index contributed by atoms with van der Waals surface area (Å²) < 4.78 is 15.8. The molecule has 200 valence electrons. The Morgan fingerprint density at radius 3 is 2.14 bits per heavy atom. The first-order chi connectivity index (χ1) is 17.3. The van der Waals surface area contributed by atoms with E-state index in [1.54, 1.807) is 62.4 Å². The Morgan fingerprint density at radius 2 is 1.57 bits per heavy atom. The molecule has 0 aliphatic rings. The first-order valence-corrected chi connectivity index (χ1v) is 15.1. The van der Waals surface area contributed by atoms with Crippen molar-refractivity contribution >= 4 is 26.0 Å². The van der Waals surface area contributed by atoms with Crippen molar-refractivity contribution in [3.05, 3.63) is 65.2 Å². The Kier molecular flexibility index (Phi) is 10.5. The van der Waals surface area contributed by atoms with Crippen molar-refractivity contribution in [2.45, 2.75) is 65.3 Å². The summed E-state index contributed by atoms with van der Waals surface area (Å²) in [5.41, 5.74) is 1.73. The zero-order valence-corrected chi connectivity index (χ0v) is 23.7. The highest BCUT2D eigenvalue weighted by molar-refractivity contribution is 6.74. The molecule has 0 heterocycles. The number of nitrogens with zero attached hydrogens (tertiary/aromatic N) is 2. The highest BCUT2D eigenvalue weighted by atomic mass is 28.4. The van der Waals surface area contributed by atoms with Gasteiger partial charge in [0, 0.05) is 16.4 Å². The summed E-state index contributed by atoms with van der Waals surface area (Å²) in [7, 11) is -1.99. The van der Waals surface area contributed by atoms with Crippen molar-refractivity contribution in [2.24, 2.45) is 10.4 Å². The predicted octanol–water partition coefficient (Wildman–Crippen LogP) is 5.52. The molecule has 0 saturated carbocycles. The third-order valence-electron chi connectivity index (χ3n) is 6.14. The number of hydrogen-bond acceptors (Lipinski definition) is 8. The number of carbonyl (C=O) groups excluding carboxylic acids is 3. The molecule has 0 fully saturated rings. The van der Waals surface area contributed by atoms with Crippen LogP contribution >= 0.6 is 0 Å². The first kappa shape index (κ1) is 29.7. The number of Topliss-reactive ketones (excluding diaryl/α,β-unsaturated/α-hetero) is 1. The van der Waals surface area contributed by atoms with Crippen LogP contribution in [-0.2, 0) is 20.6 Å². The molecule has 37 heavy (non-hydrogen) atoms. The van der Waals surface area contributed by atoms with Gasteiger partial charge in [-0.3, -0.25) is 9.59 Å². The van der Waals surface area contributed by atoms with Crippen LogP contribution in [0.25, 0.3) is 0 Å². The molecule has 2 rings (SSSR count). The van der Waals surface area contributed by atoms with Crippen LogP contribution in [0, 0.1) is 0 Å². The summed E-state index contributed by atoms with van der Waals surface area (Å²) in [6.45, 7) is 14.4. The van der Waals surface area contributed by atoms with E-state index in [1.807, 2.05) is 0 Å². The summed E-state index contributed by atoms with van der Waals surface area (Å²) >= 11 is 0. The molecule has 0 aliphatic carbocycles. The molecule has 0 unspecified atom stereocenters. The Hall–Kier alpha value is -3.53. The van der Waals surface area contributed by atoms with Crippen LogP contribution in [0.4, 0.5) is 0 Å². The molecule has 1 atom stereocenters. The number of ketones is 1. The lowest BCUT2D eigenvalue weighted by Crippen LogP contribution is -2.38. The van der Waals surface area contributed by atoms with Gasteiger partial charge < -0.3 is 19.3 Å². The van der Waals surface area contributed by atoms with Gasteiger partial charge in [0.1, 0.15) is 5.75 Å². The number of carbonyl (C=O) groups is 3. The van der Waals surface area contributed by atoms with E-state index in [1.165, 1.54) is 0 Å². The quantitative estimate of drug-likeness (QED) is 0.128. The zero-order chi connectivity index (χ0) is 27.6. The molecule has 0 saturated heterocycles. The van der Waals surface area contributed by atoms with Crippen molar-refractivity contribution in [2.75, 3.05) is 13.2 Å². The van der Waals surface area contributed by atoms with Crippen molar-refractivity contribution in [1.29, 1.82) is 0 Å². The summed E-state index contributed by atoms with van der Waals surface area (Å²) in [4.78, 5) is 36.8. The SMILES string of the molecule is CCOC(=O)COc1ccc(C(=O)[C@H](C)NC(=O)c2ccc(CN=NO[Si](C)(C)C(C)(C)C)cc2)cc1. The monoisotopic (exact) mass is 527 g/mol. The van der Waals surface area contributed by atoms with Crippen molar-refractivity contribution in [3.63, 3.8) is 0 Å². The number of amides is 1. The number of benzene rings is 2. The second kappa shape index (κ2) is 13.1. The van der Waals surface area contributed by atoms with Crippen LogP contribution in [0.15, 0.2) is 58.9 Å². The normalized spacial score (nSPS) is 12.6.